The molecule has 0 aliphatic heterocycles. The Morgan fingerprint density at radius 3 is 2.81 bits per heavy atom. The molecule has 0 aliphatic rings. The minimum Gasteiger partial charge on any atom is -0.380 e. The summed E-state index contributed by atoms with van der Waals surface area (Å²) in [6.07, 6.45) is 1.90. The maximum Gasteiger partial charge on any atom is 0.288 e. The van der Waals surface area contributed by atoms with Gasteiger partial charge in [-0.15, -0.1) is 0 Å². The molecule has 0 saturated carbocycles. The monoisotopic (exact) mass is 304 g/mol. The van der Waals surface area contributed by atoms with E-state index in [9.17, 15) is 8.78 Å². The number of para-hydroxylation sites is 1. The van der Waals surface area contributed by atoms with Crippen molar-refractivity contribution in [1.29, 1.82) is 0 Å². The first kappa shape index (κ1) is 13.9. The average Bonchev–Trinajstić information content (AvgIpc) is 2.93. The molecule has 0 radical (unpaired) electrons. The van der Waals surface area contributed by atoms with Crippen LogP contribution in [-0.2, 0) is 6.54 Å². The van der Waals surface area contributed by atoms with Gasteiger partial charge in [-0.25, -0.2) is 0 Å². The molecule has 0 unspecified atom stereocenters. The number of nitrogens with one attached hydrogen (secondary N) is 2. The highest BCUT2D eigenvalue weighted by atomic mass is 32.2. The summed E-state index contributed by atoms with van der Waals surface area (Å²) in [6.45, 7) is 0.599. The van der Waals surface area contributed by atoms with Crippen LogP contribution in [0.1, 0.15) is 5.56 Å². The minimum absolute atomic E-state index is 0.563. The number of halogens is 2. The molecule has 0 bridgehead atoms. The van der Waals surface area contributed by atoms with Crippen molar-refractivity contribution in [3.8, 4) is 0 Å². The van der Waals surface area contributed by atoms with Gasteiger partial charge in [-0.05, 0) is 41.3 Å². The quantitative estimate of drug-likeness (QED) is 0.642. The van der Waals surface area contributed by atoms with Gasteiger partial charge in [-0.3, -0.25) is 0 Å². The van der Waals surface area contributed by atoms with Crippen molar-refractivity contribution < 1.29 is 8.78 Å². The first-order valence-electron chi connectivity index (χ1n) is 6.56. The van der Waals surface area contributed by atoms with E-state index in [0.717, 1.165) is 22.2 Å². The predicted octanol–water partition coefficient (Wildman–Crippen LogP) is 5.09. The molecular formula is C16H14F2N2S. The van der Waals surface area contributed by atoms with Crippen molar-refractivity contribution in [3.05, 3.63) is 60.3 Å². The van der Waals surface area contributed by atoms with Gasteiger partial charge < -0.3 is 10.3 Å². The molecule has 1 heterocycles. The fourth-order valence-corrected chi connectivity index (χ4v) is 2.84. The number of fused-ring (bicyclic) bond motifs is 1. The van der Waals surface area contributed by atoms with E-state index in [-0.39, 0.29) is 0 Å². The zero-order valence-corrected chi connectivity index (χ0v) is 12.0. The molecule has 3 aromatic rings. The second-order valence-corrected chi connectivity index (χ2v) is 5.66. The Kier molecular flexibility index (Phi) is 4.10. The van der Waals surface area contributed by atoms with Crippen LogP contribution in [0.2, 0.25) is 0 Å². The van der Waals surface area contributed by atoms with Crippen LogP contribution in [0.5, 0.6) is 0 Å². The van der Waals surface area contributed by atoms with Crippen molar-refractivity contribution in [3.63, 3.8) is 0 Å². The standard InChI is InChI=1S/C16H14F2N2S/c17-16(18)21-15-4-2-1-3-14(15)20-10-11-5-6-13-12(9-11)7-8-19-13/h1-9,16,19-20H,10H2. The third kappa shape index (κ3) is 3.36. The predicted molar refractivity (Wildman–Crippen MR) is 83.9 cm³/mol. The Hall–Kier alpha value is -2.01. The van der Waals surface area contributed by atoms with E-state index in [1.165, 1.54) is 0 Å². The van der Waals surface area contributed by atoms with Gasteiger partial charge in [0.05, 0.1) is 0 Å². The van der Waals surface area contributed by atoms with Crippen LogP contribution in [0.15, 0.2) is 59.6 Å². The Balaban J connectivity index is 1.74. The lowest BCUT2D eigenvalue weighted by Crippen LogP contribution is -2.01. The number of thioether (sulfide) groups is 1. The fourth-order valence-electron chi connectivity index (χ4n) is 2.22. The number of hydrogen-bond donors (Lipinski definition) is 2. The van der Waals surface area contributed by atoms with Gasteiger partial charge in [0.25, 0.3) is 5.76 Å². The normalized spacial score (nSPS) is 11.2. The first-order chi connectivity index (χ1) is 10.2. The van der Waals surface area contributed by atoms with E-state index in [0.29, 0.717) is 23.2 Å². The largest absolute Gasteiger partial charge is 0.380 e. The molecule has 2 N–H and O–H groups in total. The van der Waals surface area contributed by atoms with Crippen molar-refractivity contribution in [2.75, 3.05) is 5.32 Å². The van der Waals surface area contributed by atoms with E-state index in [2.05, 4.69) is 16.4 Å². The lowest BCUT2D eigenvalue weighted by Gasteiger charge is -2.11. The van der Waals surface area contributed by atoms with E-state index >= 15 is 0 Å². The molecule has 21 heavy (non-hydrogen) atoms. The number of hydrogen-bond acceptors (Lipinski definition) is 2. The maximum atomic E-state index is 12.5. The van der Waals surface area contributed by atoms with E-state index in [1.54, 1.807) is 12.1 Å². The SMILES string of the molecule is FC(F)Sc1ccccc1NCc1ccc2[nH]ccc2c1. The second kappa shape index (κ2) is 6.18. The molecule has 2 aromatic carbocycles. The number of H-pyrrole nitrogens is 1. The Labute approximate surface area is 125 Å². The Morgan fingerprint density at radius 2 is 1.95 bits per heavy atom. The molecule has 1 aromatic heterocycles. The third-order valence-electron chi connectivity index (χ3n) is 3.20. The molecule has 0 saturated heterocycles. The highest BCUT2D eigenvalue weighted by Gasteiger charge is 2.09. The van der Waals surface area contributed by atoms with Crippen LogP contribution >= 0.6 is 11.8 Å². The summed E-state index contributed by atoms with van der Waals surface area (Å²) in [4.78, 5) is 3.71. The van der Waals surface area contributed by atoms with Crippen LogP contribution in [0.4, 0.5) is 14.5 Å². The summed E-state index contributed by atoms with van der Waals surface area (Å²) in [5, 5.41) is 4.37. The number of benzene rings is 2. The lowest BCUT2D eigenvalue weighted by atomic mass is 10.1. The highest BCUT2D eigenvalue weighted by Crippen LogP contribution is 2.31. The van der Waals surface area contributed by atoms with Gasteiger partial charge in [0, 0.05) is 28.8 Å². The van der Waals surface area contributed by atoms with E-state index < -0.39 is 5.76 Å². The van der Waals surface area contributed by atoms with Gasteiger partial charge in [0.2, 0.25) is 0 Å². The molecular weight excluding hydrogens is 290 g/mol. The molecule has 0 atom stereocenters. The van der Waals surface area contributed by atoms with Crippen molar-refractivity contribution in [1.82, 2.24) is 4.98 Å². The molecule has 2 nitrogen and oxygen atoms in total. The van der Waals surface area contributed by atoms with Crippen molar-refractivity contribution in [2.45, 2.75) is 17.2 Å². The van der Waals surface area contributed by atoms with Gasteiger partial charge in [0.1, 0.15) is 0 Å². The fraction of sp³-hybridized carbons (Fsp3) is 0.125. The van der Waals surface area contributed by atoms with E-state index in [4.69, 9.17) is 0 Å². The Bertz CT molecular complexity index is 740. The summed E-state index contributed by atoms with van der Waals surface area (Å²) in [6, 6.07) is 15.3. The molecule has 5 heteroatoms. The average molecular weight is 304 g/mol. The first-order valence-corrected chi connectivity index (χ1v) is 7.44. The van der Waals surface area contributed by atoms with Crippen LogP contribution < -0.4 is 5.32 Å². The molecule has 0 amide bonds. The molecule has 108 valence electrons. The topological polar surface area (TPSA) is 27.8 Å². The highest BCUT2D eigenvalue weighted by molar-refractivity contribution is 7.99. The zero-order valence-electron chi connectivity index (χ0n) is 11.1. The van der Waals surface area contributed by atoms with Crippen LogP contribution in [0, 0.1) is 0 Å². The number of alkyl halides is 2. The van der Waals surface area contributed by atoms with Gasteiger partial charge in [-0.2, -0.15) is 8.78 Å². The van der Waals surface area contributed by atoms with Crippen LogP contribution in [-0.4, -0.2) is 10.7 Å². The molecule has 0 spiro atoms. The summed E-state index contributed by atoms with van der Waals surface area (Å²) in [5.41, 5.74) is 2.93. The summed E-state index contributed by atoms with van der Waals surface area (Å²) < 4.78 is 25.1. The van der Waals surface area contributed by atoms with E-state index in [1.807, 2.05) is 36.5 Å². The summed E-state index contributed by atoms with van der Waals surface area (Å²) >= 11 is 0.563. The van der Waals surface area contributed by atoms with Crippen LogP contribution in [0.3, 0.4) is 0 Å². The molecule has 0 fully saturated rings. The van der Waals surface area contributed by atoms with Crippen LogP contribution in [0.25, 0.3) is 10.9 Å². The number of aromatic nitrogens is 1. The van der Waals surface area contributed by atoms with Gasteiger partial charge in [0.15, 0.2) is 0 Å². The Morgan fingerprint density at radius 1 is 1.10 bits per heavy atom. The number of aromatic amines is 1. The van der Waals surface area contributed by atoms with Gasteiger partial charge >= 0.3 is 0 Å². The molecule has 3 rings (SSSR count). The maximum absolute atomic E-state index is 12.5. The summed E-state index contributed by atoms with van der Waals surface area (Å²) in [5.74, 6) is -2.41. The third-order valence-corrected chi connectivity index (χ3v) is 3.99. The summed E-state index contributed by atoms with van der Waals surface area (Å²) in [7, 11) is 0. The second-order valence-electron chi connectivity index (χ2n) is 4.63. The van der Waals surface area contributed by atoms with Crippen molar-refractivity contribution >= 4 is 28.4 Å². The van der Waals surface area contributed by atoms with Gasteiger partial charge in [-0.1, -0.05) is 30.0 Å². The number of anilines is 1. The molecule has 0 aliphatic carbocycles. The zero-order chi connectivity index (χ0) is 14.7. The smallest absolute Gasteiger partial charge is 0.288 e. The number of rotatable bonds is 5. The lowest BCUT2D eigenvalue weighted by molar-refractivity contribution is 0.252. The minimum atomic E-state index is -2.41. The van der Waals surface area contributed by atoms with Crippen molar-refractivity contribution in [2.24, 2.45) is 0 Å².